The fourth-order valence-electron chi connectivity index (χ4n) is 1.58. The molecule has 0 saturated carbocycles. The molecule has 0 aromatic rings. The van der Waals surface area contributed by atoms with Crippen LogP contribution in [-0.2, 0) is 4.74 Å². The molecule has 2 nitrogen and oxygen atoms in total. The molecule has 13 heavy (non-hydrogen) atoms. The Balaban J connectivity index is 2.33. The maximum atomic E-state index is 11.9. The van der Waals surface area contributed by atoms with Gasteiger partial charge in [0.15, 0.2) is 0 Å². The molecule has 0 aromatic heterocycles. The summed E-state index contributed by atoms with van der Waals surface area (Å²) in [5, 5.41) is 0. The van der Waals surface area contributed by atoms with Crippen LogP contribution in [-0.4, -0.2) is 25.4 Å². The minimum atomic E-state index is -4.14. The number of alkyl halides is 3. The van der Waals surface area contributed by atoms with Gasteiger partial charge in [0.05, 0.1) is 6.42 Å². The van der Waals surface area contributed by atoms with E-state index in [9.17, 15) is 13.2 Å². The Morgan fingerprint density at radius 3 is 2.31 bits per heavy atom. The van der Waals surface area contributed by atoms with Gasteiger partial charge >= 0.3 is 6.18 Å². The first kappa shape index (κ1) is 10.8. The van der Waals surface area contributed by atoms with Crippen molar-refractivity contribution in [3.63, 3.8) is 0 Å². The predicted molar refractivity (Wildman–Crippen MR) is 42.2 cm³/mol. The van der Waals surface area contributed by atoms with Gasteiger partial charge in [-0.2, -0.15) is 13.2 Å². The van der Waals surface area contributed by atoms with Crippen molar-refractivity contribution >= 4 is 0 Å². The van der Waals surface area contributed by atoms with Gasteiger partial charge in [-0.15, -0.1) is 0 Å². The highest BCUT2D eigenvalue weighted by atomic mass is 19.4. The molecule has 1 saturated heterocycles. The molecule has 0 aromatic carbocycles. The lowest BCUT2D eigenvalue weighted by Crippen LogP contribution is -2.37. The summed E-state index contributed by atoms with van der Waals surface area (Å²) in [6.07, 6.45) is -3.72. The van der Waals surface area contributed by atoms with Gasteiger partial charge in [0.1, 0.15) is 0 Å². The van der Waals surface area contributed by atoms with Gasteiger partial charge in [0.25, 0.3) is 0 Å². The number of rotatable bonds is 2. The molecule has 2 N–H and O–H groups in total. The molecule has 1 aliphatic rings. The van der Waals surface area contributed by atoms with Crippen LogP contribution in [0.4, 0.5) is 13.2 Å². The number of nitrogens with two attached hydrogens (primary N) is 1. The molecule has 1 fully saturated rings. The zero-order valence-corrected chi connectivity index (χ0v) is 7.31. The minimum Gasteiger partial charge on any atom is -0.381 e. The second kappa shape index (κ2) is 4.28. The fraction of sp³-hybridized carbons (Fsp3) is 1.00. The van der Waals surface area contributed by atoms with E-state index in [1.54, 1.807) is 0 Å². The third-order valence-electron chi connectivity index (χ3n) is 2.34. The SMILES string of the molecule is N[C@H](CC(F)(F)F)C1CCOCC1. The van der Waals surface area contributed by atoms with Crippen LogP contribution in [0.3, 0.4) is 0 Å². The Labute approximate surface area is 75.2 Å². The van der Waals surface area contributed by atoms with Crippen molar-refractivity contribution in [2.24, 2.45) is 11.7 Å². The lowest BCUT2D eigenvalue weighted by atomic mass is 9.90. The van der Waals surface area contributed by atoms with Crippen LogP contribution >= 0.6 is 0 Å². The monoisotopic (exact) mass is 197 g/mol. The standard InChI is InChI=1S/C8H14F3NO/c9-8(10,11)5-7(12)6-1-3-13-4-2-6/h6-7H,1-5,12H2/t7-/m1/s1. The van der Waals surface area contributed by atoms with E-state index < -0.39 is 18.6 Å². The highest BCUT2D eigenvalue weighted by Crippen LogP contribution is 2.27. The van der Waals surface area contributed by atoms with Crippen molar-refractivity contribution in [2.75, 3.05) is 13.2 Å². The highest BCUT2D eigenvalue weighted by Gasteiger charge is 2.34. The molecule has 1 aliphatic heterocycles. The van der Waals surface area contributed by atoms with Gasteiger partial charge in [-0.1, -0.05) is 0 Å². The number of ether oxygens (including phenoxy) is 1. The molecular weight excluding hydrogens is 183 g/mol. The summed E-state index contributed by atoms with van der Waals surface area (Å²) in [7, 11) is 0. The summed E-state index contributed by atoms with van der Waals surface area (Å²) in [6, 6.07) is -0.760. The largest absolute Gasteiger partial charge is 0.390 e. The molecule has 78 valence electrons. The molecule has 0 radical (unpaired) electrons. The molecule has 0 unspecified atom stereocenters. The lowest BCUT2D eigenvalue weighted by molar-refractivity contribution is -0.142. The molecule has 0 aliphatic carbocycles. The predicted octanol–water partition coefficient (Wildman–Crippen LogP) is 1.69. The fourth-order valence-corrected chi connectivity index (χ4v) is 1.58. The van der Waals surface area contributed by atoms with Crippen LogP contribution in [0.25, 0.3) is 0 Å². The van der Waals surface area contributed by atoms with E-state index >= 15 is 0 Å². The van der Waals surface area contributed by atoms with Crippen molar-refractivity contribution in [2.45, 2.75) is 31.5 Å². The van der Waals surface area contributed by atoms with Gasteiger partial charge in [-0.3, -0.25) is 0 Å². The lowest BCUT2D eigenvalue weighted by Gasteiger charge is -2.28. The zero-order chi connectivity index (χ0) is 9.90. The van der Waals surface area contributed by atoms with Gasteiger partial charge in [-0.05, 0) is 18.8 Å². The van der Waals surface area contributed by atoms with Crippen molar-refractivity contribution in [3.05, 3.63) is 0 Å². The molecular formula is C8H14F3NO. The van der Waals surface area contributed by atoms with Crippen LogP contribution in [0, 0.1) is 5.92 Å². The van der Waals surface area contributed by atoms with Crippen molar-refractivity contribution < 1.29 is 17.9 Å². The average molecular weight is 197 g/mol. The molecule has 1 rings (SSSR count). The first-order chi connectivity index (χ1) is 5.99. The van der Waals surface area contributed by atoms with Crippen molar-refractivity contribution in [3.8, 4) is 0 Å². The van der Waals surface area contributed by atoms with Crippen molar-refractivity contribution in [1.82, 2.24) is 0 Å². The van der Waals surface area contributed by atoms with E-state index in [-0.39, 0.29) is 5.92 Å². The highest BCUT2D eigenvalue weighted by molar-refractivity contribution is 4.77. The Bertz CT molecular complexity index is 154. The Kier molecular flexibility index (Phi) is 3.55. The summed E-state index contributed by atoms with van der Waals surface area (Å²) in [4.78, 5) is 0. The second-order valence-corrected chi connectivity index (χ2v) is 3.43. The Morgan fingerprint density at radius 1 is 1.31 bits per heavy atom. The van der Waals surface area contributed by atoms with E-state index in [2.05, 4.69) is 0 Å². The van der Waals surface area contributed by atoms with Gasteiger partial charge in [0, 0.05) is 19.3 Å². The minimum absolute atomic E-state index is 0.0321. The Morgan fingerprint density at radius 2 is 1.85 bits per heavy atom. The van der Waals surface area contributed by atoms with E-state index in [1.807, 2.05) is 0 Å². The van der Waals surface area contributed by atoms with E-state index in [1.165, 1.54) is 0 Å². The van der Waals surface area contributed by atoms with Crippen LogP contribution in [0.15, 0.2) is 0 Å². The summed E-state index contributed by atoms with van der Waals surface area (Å²) in [6.45, 7) is 1.08. The summed E-state index contributed by atoms with van der Waals surface area (Å²) >= 11 is 0. The van der Waals surface area contributed by atoms with Gasteiger partial charge in [0.2, 0.25) is 0 Å². The van der Waals surface area contributed by atoms with E-state index in [0.29, 0.717) is 26.1 Å². The normalized spacial score (nSPS) is 23.1. The quantitative estimate of drug-likeness (QED) is 0.731. The average Bonchev–Trinajstić information content (AvgIpc) is 2.03. The summed E-state index contributed by atoms with van der Waals surface area (Å²) in [5.41, 5.74) is 5.46. The smallest absolute Gasteiger partial charge is 0.381 e. The van der Waals surface area contributed by atoms with E-state index in [4.69, 9.17) is 10.5 Å². The molecule has 1 heterocycles. The van der Waals surface area contributed by atoms with Crippen molar-refractivity contribution in [1.29, 1.82) is 0 Å². The molecule has 0 bridgehead atoms. The van der Waals surface area contributed by atoms with Gasteiger partial charge in [-0.25, -0.2) is 0 Å². The van der Waals surface area contributed by atoms with Crippen LogP contribution in [0.5, 0.6) is 0 Å². The zero-order valence-electron chi connectivity index (χ0n) is 7.31. The number of hydrogen-bond donors (Lipinski definition) is 1. The molecule has 0 spiro atoms. The maximum Gasteiger partial charge on any atom is 0.390 e. The first-order valence-electron chi connectivity index (χ1n) is 4.39. The van der Waals surface area contributed by atoms with Crippen LogP contribution in [0.1, 0.15) is 19.3 Å². The third-order valence-corrected chi connectivity index (χ3v) is 2.34. The van der Waals surface area contributed by atoms with Crippen LogP contribution < -0.4 is 5.73 Å². The van der Waals surface area contributed by atoms with Gasteiger partial charge < -0.3 is 10.5 Å². The topological polar surface area (TPSA) is 35.2 Å². The molecule has 5 heteroatoms. The van der Waals surface area contributed by atoms with E-state index in [0.717, 1.165) is 0 Å². The second-order valence-electron chi connectivity index (χ2n) is 3.43. The summed E-state index contributed by atoms with van der Waals surface area (Å²) < 4.78 is 40.9. The Hall–Kier alpha value is -0.290. The third kappa shape index (κ3) is 3.95. The molecule has 0 amide bonds. The first-order valence-corrected chi connectivity index (χ1v) is 4.39. The number of halogens is 3. The molecule has 1 atom stereocenters. The van der Waals surface area contributed by atoms with Crippen LogP contribution in [0.2, 0.25) is 0 Å². The maximum absolute atomic E-state index is 11.9. The summed E-state index contributed by atoms with van der Waals surface area (Å²) in [5.74, 6) is -0.0321. The number of hydrogen-bond acceptors (Lipinski definition) is 2.